The molecule has 278 valence electrons. The molecular weight excluding hydrogens is 703 g/mol. The van der Waals surface area contributed by atoms with E-state index < -0.39 is 33.1 Å². The number of amides is 1. The summed E-state index contributed by atoms with van der Waals surface area (Å²) in [5.74, 6) is 0.776. The van der Waals surface area contributed by atoms with Crippen molar-refractivity contribution in [2.75, 3.05) is 40.3 Å². The summed E-state index contributed by atoms with van der Waals surface area (Å²) in [6.45, 7) is 0.255. The van der Waals surface area contributed by atoms with Gasteiger partial charge in [-0.3, -0.25) is 4.79 Å². The minimum Gasteiger partial charge on any atom is -0.494 e. The lowest BCUT2D eigenvalue weighted by Crippen LogP contribution is -2.49. The number of azide groups is 1. The molecular formula is C38H41N5O9S. The summed E-state index contributed by atoms with van der Waals surface area (Å²) in [6.07, 6.45) is -0.930. The molecule has 1 aliphatic heterocycles. The van der Waals surface area contributed by atoms with Gasteiger partial charge in [0.05, 0.1) is 45.1 Å². The zero-order chi connectivity index (χ0) is 37.8. The van der Waals surface area contributed by atoms with E-state index >= 15 is 0 Å². The Balaban J connectivity index is 1.61. The van der Waals surface area contributed by atoms with Crippen molar-refractivity contribution in [3.63, 3.8) is 0 Å². The van der Waals surface area contributed by atoms with Crippen LogP contribution < -0.4 is 24.3 Å². The van der Waals surface area contributed by atoms with Crippen LogP contribution in [0.4, 0.5) is 0 Å². The smallest absolute Gasteiger partial charge is 0.252 e. The van der Waals surface area contributed by atoms with E-state index in [-0.39, 0.29) is 36.9 Å². The maximum absolute atomic E-state index is 14.8. The summed E-state index contributed by atoms with van der Waals surface area (Å²) in [4.78, 5) is 22.8. The summed E-state index contributed by atoms with van der Waals surface area (Å²) in [6, 6.07) is 25.3. The van der Waals surface area contributed by atoms with Crippen LogP contribution in [0.1, 0.15) is 41.2 Å². The molecule has 14 nitrogen and oxygen atoms in total. The van der Waals surface area contributed by atoms with Crippen LogP contribution in [0.3, 0.4) is 0 Å². The molecule has 1 amide bonds. The SMILES string of the molecule is COc1cc(CNC(=O)[C@]2(CCS(=O)(=O)c3ccccc3)N=C(c3ccc(OCCCO)cc3)O[C@@H]2c2ccccc2CN=[N+]=[N-])cc(OC)c1OC. The van der Waals surface area contributed by atoms with Gasteiger partial charge in [-0.25, -0.2) is 13.4 Å². The minimum atomic E-state index is -3.89. The van der Waals surface area contributed by atoms with Crippen molar-refractivity contribution in [2.45, 2.75) is 42.5 Å². The molecule has 0 unspecified atom stereocenters. The van der Waals surface area contributed by atoms with Crippen LogP contribution in [0, 0.1) is 0 Å². The molecule has 0 aromatic heterocycles. The number of aliphatic hydroxyl groups is 1. The van der Waals surface area contributed by atoms with Crippen LogP contribution in [0.25, 0.3) is 10.4 Å². The Kier molecular flexibility index (Phi) is 12.8. The third kappa shape index (κ3) is 8.83. The minimum absolute atomic E-state index is 0.00500. The number of sulfone groups is 1. The van der Waals surface area contributed by atoms with Crippen LogP contribution >= 0.6 is 0 Å². The summed E-state index contributed by atoms with van der Waals surface area (Å²) < 4.78 is 56.2. The van der Waals surface area contributed by atoms with Crippen LogP contribution in [0.15, 0.2) is 106 Å². The second-order valence-corrected chi connectivity index (χ2v) is 14.1. The normalized spacial score (nSPS) is 16.5. The van der Waals surface area contributed by atoms with E-state index in [0.29, 0.717) is 58.3 Å². The summed E-state index contributed by atoms with van der Waals surface area (Å²) in [7, 11) is 0.567. The second-order valence-electron chi connectivity index (χ2n) is 12.0. The van der Waals surface area contributed by atoms with Crippen molar-refractivity contribution in [3.05, 3.63) is 124 Å². The third-order valence-corrected chi connectivity index (χ3v) is 10.4. The first-order valence-corrected chi connectivity index (χ1v) is 18.4. The summed E-state index contributed by atoms with van der Waals surface area (Å²) >= 11 is 0. The summed E-state index contributed by atoms with van der Waals surface area (Å²) in [5.41, 5.74) is 9.54. The Hall–Kier alpha value is -5.76. The number of hydrogen-bond donors (Lipinski definition) is 2. The average molecular weight is 744 g/mol. The van der Waals surface area contributed by atoms with E-state index in [2.05, 4.69) is 15.3 Å². The van der Waals surface area contributed by atoms with Gasteiger partial charge < -0.3 is 34.1 Å². The number of rotatable bonds is 18. The van der Waals surface area contributed by atoms with Crippen molar-refractivity contribution >= 4 is 21.6 Å². The molecule has 0 saturated carbocycles. The molecule has 1 aliphatic rings. The van der Waals surface area contributed by atoms with Gasteiger partial charge in [-0.2, -0.15) is 0 Å². The van der Waals surface area contributed by atoms with Crippen molar-refractivity contribution in [1.29, 1.82) is 0 Å². The number of aliphatic imine (C=N–C) groups is 1. The van der Waals surface area contributed by atoms with Crippen LogP contribution in [-0.2, 0) is 32.5 Å². The number of benzene rings is 4. The second kappa shape index (κ2) is 17.6. The number of nitrogens with one attached hydrogen (secondary N) is 1. The van der Waals surface area contributed by atoms with Crippen LogP contribution in [0.2, 0.25) is 0 Å². The monoisotopic (exact) mass is 743 g/mol. The largest absolute Gasteiger partial charge is 0.494 e. The maximum Gasteiger partial charge on any atom is 0.252 e. The van der Waals surface area contributed by atoms with Gasteiger partial charge in [0.25, 0.3) is 5.91 Å². The van der Waals surface area contributed by atoms with Crippen molar-refractivity contribution in [2.24, 2.45) is 10.1 Å². The van der Waals surface area contributed by atoms with Crippen molar-refractivity contribution in [1.82, 2.24) is 5.32 Å². The van der Waals surface area contributed by atoms with Crippen molar-refractivity contribution in [3.8, 4) is 23.0 Å². The zero-order valence-corrected chi connectivity index (χ0v) is 30.4. The molecule has 2 N–H and O–H groups in total. The van der Waals surface area contributed by atoms with Gasteiger partial charge in [-0.1, -0.05) is 47.6 Å². The Morgan fingerprint density at radius 1 is 0.981 bits per heavy atom. The first-order chi connectivity index (χ1) is 25.7. The lowest BCUT2D eigenvalue weighted by Gasteiger charge is -2.31. The number of methoxy groups -OCH3 is 3. The standard InChI is InChI=1S/C38H41N5O9S/c1-48-32-22-26(23-33(49-2)34(32)50-3)24-40-37(45)38(18-21-53(46,47)30-11-5-4-6-12-30)35(31-13-8-7-10-28(31)25-41-43-39)52-36(42-38)27-14-16-29(17-15-27)51-20-9-19-44/h4-8,10-17,22-23,35,44H,9,18-21,24-25H2,1-3H3,(H,40,45)/t35-,38-/m1/s1. The molecule has 4 aromatic carbocycles. The van der Waals surface area contributed by atoms with E-state index in [0.717, 1.165) is 0 Å². The van der Waals surface area contributed by atoms with E-state index in [9.17, 15) is 13.2 Å². The highest BCUT2D eigenvalue weighted by molar-refractivity contribution is 7.91. The predicted octanol–water partition coefficient (Wildman–Crippen LogP) is 5.72. The average Bonchev–Trinajstić information content (AvgIpc) is 3.59. The Morgan fingerprint density at radius 2 is 1.66 bits per heavy atom. The van der Waals surface area contributed by atoms with E-state index in [4.69, 9.17) is 39.3 Å². The lowest BCUT2D eigenvalue weighted by molar-refractivity contribution is -0.129. The molecule has 4 aromatic rings. The number of hydrogen-bond acceptors (Lipinski definition) is 11. The summed E-state index contributed by atoms with van der Waals surface area (Å²) in [5, 5.41) is 15.9. The molecule has 0 aliphatic carbocycles. The van der Waals surface area contributed by atoms with Gasteiger partial charge in [-0.15, -0.1) is 0 Å². The van der Waals surface area contributed by atoms with Gasteiger partial charge in [0.15, 0.2) is 33.0 Å². The number of carbonyl (C=O) groups is 1. The van der Waals surface area contributed by atoms with Gasteiger partial charge in [-0.05, 0) is 70.8 Å². The topological polar surface area (TPSA) is 191 Å². The third-order valence-electron chi connectivity index (χ3n) is 8.70. The first-order valence-electron chi connectivity index (χ1n) is 16.7. The zero-order valence-electron chi connectivity index (χ0n) is 29.6. The molecule has 0 spiro atoms. The fourth-order valence-electron chi connectivity index (χ4n) is 6.00. The fourth-order valence-corrected chi connectivity index (χ4v) is 7.39. The number of ether oxygens (including phenoxy) is 5. The van der Waals surface area contributed by atoms with Gasteiger partial charge in [0, 0.05) is 36.5 Å². The lowest BCUT2D eigenvalue weighted by atomic mass is 9.83. The van der Waals surface area contributed by atoms with E-state index in [1.165, 1.54) is 33.5 Å². The molecule has 0 saturated heterocycles. The van der Waals surface area contributed by atoms with Gasteiger partial charge in [0.2, 0.25) is 11.6 Å². The molecule has 0 radical (unpaired) electrons. The number of aliphatic hydroxyl groups excluding tert-OH is 1. The molecule has 5 rings (SSSR count). The number of nitrogens with zero attached hydrogens (tertiary/aromatic N) is 4. The highest BCUT2D eigenvalue weighted by Crippen LogP contribution is 2.45. The molecule has 15 heteroatoms. The fraction of sp³-hybridized carbons (Fsp3) is 0.316. The van der Waals surface area contributed by atoms with Gasteiger partial charge >= 0.3 is 0 Å². The highest BCUT2D eigenvalue weighted by Gasteiger charge is 2.54. The Bertz CT molecular complexity index is 2050. The first kappa shape index (κ1) is 38.5. The number of carbonyl (C=O) groups excluding carboxylic acids is 1. The maximum atomic E-state index is 14.8. The molecule has 53 heavy (non-hydrogen) atoms. The molecule has 1 heterocycles. The predicted molar refractivity (Wildman–Crippen MR) is 197 cm³/mol. The van der Waals surface area contributed by atoms with Crippen LogP contribution in [-0.4, -0.2) is 71.2 Å². The van der Waals surface area contributed by atoms with Crippen molar-refractivity contribution < 1.29 is 42.0 Å². The highest BCUT2D eigenvalue weighted by atomic mass is 32.2. The van der Waals surface area contributed by atoms with Gasteiger partial charge in [0.1, 0.15) is 5.75 Å². The van der Waals surface area contributed by atoms with Crippen LogP contribution in [0.5, 0.6) is 23.0 Å². The molecule has 0 bridgehead atoms. The quantitative estimate of drug-likeness (QED) is 0.0555. The van der Waals surface area contributed by atoms with E-state index in [1.807, 2.05) is 0 Å². The Morgan fingerprint density at radius 3 is 2.30 bits per heavy atom. The molecule has 2 atom stereocenters. The molecule has 0 fully saturated rings. The van der Waals surface area contributed by atoms with E-state index in [1.54, 1.807) is 78.9 Å². The Labute approximate surface area is 307 Å².